The van der Waals surface area contributed by atoms with Crippen LogP contribution < -0.4 is 10.1 Å². The van der Waals surface area contributed by atoms with E-state index in [9.17, 15) is 14.0 Å². The van der Waals surface area contributed by atoms with E-state index >= 15 is 0 Å². The zero-order valence-corrected chi connectivity index (χ0v) is 12.5. The van der Waals surface area contributed by atoms with Gasteiger partial charge in [0.15, 0.2) is 0 Å². The van der Waals surface area contributed by atoms with Crippen molar-refractivity contribution < 1.29 is 18.7 Å². The van der Waals surface area contributed by atoms with E-state index in [1.54, 1.807) is 12.1 Å². The van der Waals surface area contributed by atoms with E-state index < -0.39 is 0 Å². The van der Waals surface area contributed by atoms with Gasteiger partial charge in [-0.2, -0.15) is 0 Å². The Morgan fingerprint density at radius 2 is 1.81 bits per heavy atom. The van der Waals surface area contributed by atoms with Gasteiger partial charge in [-0.3, -0.25) is 14.9 Å². The van der Waals surface area contributed by atoms with Gasteiger partial charge in [-0.25, -0.2) is 4.39 Å². The fraction of sp³-hybridized carbons (Fsp3) is 0.467. The number of carbonyl (C=O) groups is 2. The highest BCUT2D eigenvalue weighted by Crippen LogP contribution is 2.24. The van der Waals surface area contributed by atoms with Crippen molar-refractivity contribution in [1.82, 2.24) is 5.32 Å². The highest BCUT2D eigenvalue weighted by Gasteiger charge is 2.30. The van der Waals surface area contributed by atoms with E-state index in [2.05, 4.69) is 5.32 Å². The van der Waals surface area contributed by atoms with Gasteiger partial charge in [-0.05, 0) is 37.1 Å². The molecule has 0 saturated carbocycles. The Kier molecular flexibility index (Phi) is 6.04. The normalized spacial score (nSPS) is 17.9. The van der Waals surface area contributed by atoms with Crippen LogP contribution in [0.5, 0.6) is 5.75 Å². The number of hydrogen-bond donors (Lipinski definition) is 1. The summed E-state index contributed by atoms with van der Waals surface area (Å²) in [6.45, 7) is 0.600. The summed E-state index contributed by atoms with van der Waals surface area (Å²) >= 11 is 1.09. The first kappa shape index (κ1) is 15.8. The summed E-state index contributed by atoms with van der Waals surface area (Å²) in [6.07, 6.45) is 4.59. The van der Waals surface area contributed by atoms with Crippen LogP contribution in [0.4, 0.5) is 9.18 Å². The fourth-order valence-corrected chi connectivity index (χ4v) is 2.96. The quantitative estimate of drug-likeness (QED) is 0.747. The van der Waals surface area contributed by atoms with Crippen molar-refractivity contribution in [3.63, 3.8) is 0 Å². The van der Waals surface area contributed by atoms with E-state index in [1.807, 2.05) is 0 Å². The van der Waals surface area contributed by atoms with Gasteiger partial charge in [-0.1, -0.05) is 31.0 Å². The number of thioether (sulfide) groups is 1. The maximum absolute atomic E-state index is 12.7. The number of hydrogen-bond acceptors (Lipinski definition) is 4. The molecule has 0 aliphatic carbocycles. The smallest absolute Gasteiger partial charge is 0.286 e. The molecule has 2 rings (SSSR count). The lowest BCUT2D eigenvalue weighted by atomic mass is 10.1. The molecule has 1 heterocycles. The molecule has 1 saturated heterocycles. The standard InChI is InChI=1S/C15H18FNO3S/c16-11-6-8-12(9-7-11)20-10-4-2-1-3-5-13-14(18)17-15(19)21-13/h6-9,13H,1-5,10H2,(H,17,18,19). The van der Waals surface area contributed by atoms with E-state index in [0.29, 0.717) is 12.4 Å². The topological polar surface area (TPSA) is 55.4 Å². The fourth-order valence-electron chi connectivity index (χ4n) is 2.09. The summed E-state index contributed by atoms with van der Waals surface area (Å²) in [6, 6.07) is 5.98. The third kappa shape index (κ3) is 5.38. The highest BCUT2D eigenvalue weighted by atomic mass is 32.2. The zero-order valence-electron chi connectivity index (χ0n) is 11.6. The van der Waals surface area contributed by atoms with Gasteiger partial charge in [0, 0.05) is 0 Å². The number of imide groups is 1. The van der Waals surface area contributed by atoms with Crippen LogP contribution >= 0.6 is 11.8 Å². The lowest BCUT2D eigenvalue weighted by Gasteiger charge is -2.07. The summed E-state index contributed by atoms with van der Waals surface area (Å²) in [4.78, 5) is 22.3. The van der Waals surface area contributed by atoms with Crippen molar-refractivity contribution in [2.75, 3.05) is 6.61 Å². The van der Waals surface area contributed by atoms with Crippen LogP contribution in [0.3, 0.4) is 0 Å². The van der Waals surface area contributed by atoms with Gasteiger partial charge in [0.25, 0.3) is 5.24 Å². The number of rotatable bonds is 8. The SMILES string of the molecule is O=C1NC(=O)C(CCCCCCOc2ccc(F)cc2)S1. The van der Waals surface area contributed by atoms with Gasteiger partial charge in [-0.15, -0.1) is 0 Å². The number of benzene rings is 1. The second-order valence-corrected chi connectivity index (χ2v) is 6.06. The molecule has 1 aliphatic rings. The van der Waals surface area contributed by atoms with Gasteiger partial charge >= 0.3 is 0 Å². The van der Waals surface area contributed by atoms with Gasteiger partial charge in [0.05, 0.1) is 11.9 Å². The third-order valence-electron chi connectivity index (χ3n) is 3.21. The molecular weight excluding hydrogens is 293 g/mol. The van der Waals surface area contributed by atoms with Crippen molar-refractivity contribution in [3.8, 4) is 5.75 Å². The average Bonchev–Trinajstić information content (AvgIpc) is 2.78. The lowest BCUT2D eigenvalue weighted by molar-refractivity contribution is -0.119. The van der Waals surface area contributed by atoms with Crippen LogP contribution in [0.15, 0.2) is 24.3 Å². The van der Waals surface area contributed by atoms with Gasteiger partial charge in [0.1, 0.15) is 11.6 Å². The van der Waals surface area contributed by atoms with Crippen molar-refractivity contribution >= 4 is 22.9 Å². The first-order valence-electron chi connectivity index (χ1n) is 7.05. The van der Waals surface area contributed by atoms with Crippen LogP contribution in [-0.4, -0.2) is 23.0 Å². The minimum atomic E-state index is -0.269. The van der Waals surface area contributed by atoms with Gasteiger partial charge in [0.2, 0.25) is 5.91 Å². The summed E-state index contributed by atoms with van der Waals surface area (Å²) in [5.74, 6) is 0.244. The molecule has 21 heavy (non-hydrogen) atoms. The molecule has 0 aromatic heterocycles. The summed E-state index contributed by atoms with van der Waals surface area (Å²) in [5.41, 5.74) is 0. The maximum atomic E-state index is 12.7. The number of nitrogens with one attached hydrogen (secondary N) is 1. The largest absolute Gasteiger partial charge is 0.494 e. The first-order valence-corrected chi connectivity index (χ1v) is 7.93. The molecule has 1 aliphatic heterocycles. The summed E-state index contributed by atoms with van der Waals surface area (Å²) < 4.78 is 18.2. The predicted molar refractivity (Wildman–Crippen MR) is 79.9 cm³/mol. The van der Waals surface area contributed by atoms with Crippen LogP contribution in [0.1, 0.15) is 32.1 Å². The Morgan fingerprint density at radius 1 is 1.10 bits per heavy atom. The van der Waals surface area contributed by atoms with Crippen molar-refractivity contribution in [3.05, 3.63) is 30.1 Å². The molecule has 0 radical (unpaired) electrons. The second-order valence-electron chi connectivity index (χ2n) is 4.89. The van der Waals surface area contributed by atoms with Crippen LogP contribution in [0, 0.1) is 5.82 Å². The Labute approximate surface area is 127 Å². The second kappa shape index (κ2) is 8.02. The molecule has 114 valence electrons. The molecule has 0 bridgehead atoms. The lowest BCUT2D eigenvalue weighted by Crippen LogP contribution is -2.24. The monoisotopic (exact) mass is 311 g/mol. The maximum Gasteiger partial charge on any atom is 0.286 e. The molecule has 1 N–H and O–H groups in total. The number of amides is 2. The molecule has 1 aromatic carbocycles. The zero-order chi connectivity index (χ0) is 15.1. The van der Waals surface area contributed by atoms with E-state index in [4.69, 9.17) is 4.74 Å². The Balaban J connectivity index is 1.49. The Hall–Kier alpha value is -1.56. The molecule has 6 heteroatoms. The number of carbonyl (C=O) groups excluding carboxylic acids is 2. The molecule has 0 spiro atoms. The molecular formula is C15H18FNO3S. The van der Waals surface area contributed by atoms with E-state index in [1.165, 1.54) is 12.1 Å². The molecule has 2 amide bonds. The molecule has 1 unspecified atom stereocenters. The van der Waals surface area contributed by atoms with Crippen LogP contribution in [-0.2, 0) is 4.79 Å². The number of ether oxygens (including phenoxy) is 1. The molecule has 4 nitrogen and oxygen atoms in total. The highest BCUT2D eigenvalue weighted by molar-refractivity contribution is 8.15. The first-order chi connectivity index (χ1) is 10.1. The van der Waals surface area contributed by atoms with Gasteiger partial charge < -0.3 is 4.74 Å². The minimum absolute atomic E-state index is 0.162. The molecule has 1 aromatic rings. The third-order valence-corrected chi connectivity index (χ3v) is 4.26. The minimum Gasteiger partial charge on any atom is -0.494 e. The Bertz CT molecular complexity index is 492. The van der Waals surface area contributed by atoms with E-state index in [0.717, 1.165) is 43.9 Å². The van der Waals surface area contributed by atoms with Crippen molar-refractivity contribution in [2.24, 2.45) is 0 Å². The predicted octanol–water partition coefficient (Wildman–Crippen LogP) is 3.51. The Morgan fingerprint density at radius 3 is 2.48 bits per heavy atom. The van der Waals surface area contributed by atoms with E-state index in [-0.39, 0.29) is 22.2 Å². The van der Waals surface area contributed by atoms with Crippen LogP contribution in [0.25, 0.3) is 0 Å². The number of unbranched alkanes of at least 4 members (excludes halogenated alkanes) is 3. The number of halogens is 1. The van der Waals surface area contributed by atoms with Crippen LogP contribution in [0.2, 0.25) is 0 Å². The average molecular weight is 311 g/mol. The molecule has 1 fully saturated rings. The summed E-state index contributed by atoms with van der Waals surface area (Å²) in [7, 11) is 0. The van der Waals surface area contributed by atoms with Crippen molar-refractivity contribution in [1.29, 1.82) is 0 Å². The summed E-state index contributed by atoms with van der Waals surface area (Å²) in [5, 5.41) is 1.84. The molecule has 1 atom stereocenters. The van der Waals surface area contributed by atoms with Crippen molar-refractivity contribution in [2.45, 2.75) is 37.4 Å².